The van der Waals surface area contributed by atoms with Crippen LogP contribution < -0.4 is 5.73 Å². The molecule has 0 amide bonds. The molecule has 2 fully saturated rings. The van der Waals surface area contributed by atoms with Crippen LogP contribution >= 0.6 is 7.82 Å². The molecule has 46 heavy (non-hydrogen) atoms. The smallest absolute Gasteiger partial charge is 0.475 e. The number of rotatable bonds is 6. The van der Waals surface area contributed by atoms with Crippen molar-refractivity contribution in [2.24, 2.45) is 0 Å². The highest BCUT2D eigenvalue weighted by atomic mass is 31.2. The minimum absolute atomic E-state index is 0.280. The van der Waals surface area contributed by atoms with Gasteiger partial charge in [0.2, 0.25) is 0 Å². The number of aliphatic hydroxyl groups excluding tert-OH is 1. The molecular formula is C29H30F3N4O9P. The highest BCUT2D eigenvalue weighted by molar-refractivity contribution is 7.48. The maximum absolute atomic E-state index is 13.8. The molecule has 2 aromatic heterocycles. The van der Waals surface area contributed by atoms with Crippen molar-refractivity contribution in [2.45, 2.75) is 55.8 Å². The average molecular weight is 667 g/mol. The van der Waals surface area contributed by atoms with Crippen molar-refractivity contribution in [1.29, 1.82) is 0 Å². The molecule has 17 heteroatoms. The maximum Gasteiger partial charge on any atom is 0.490 e. The van der Waals surface area contributed by atoms with Gasteiger partial charge in [0, 0.05) is 12.6 Å². The molecule has 2 aliphatic heterocycles. The number of carboxylic acid groups (broad SMARTS) is 1. The summed E-state index contributed by atoms with van der Waals surface area (Å²) in [5.74, 6) is -2.48. The summed E-state index contributed by atoms with van der Waals surface area (Å²) in [6, 6.07) is 20.6. The first-order chi connectivity index (χ1) is 21.7. The fraction of sp³-hybridized carbons (Fsp3) is 0.345. The summed E-state index contributed by atoms with van der Waals surface area (Å²) in [4.78, 5) is 17.1. The summed E-state index contributed by atoms with van der Waals surface area (Å²) in [6.07, 6.45) is -6.24. The molecule has 0 unspecified atom stereocenters. The first-order valence-corrected chi connectivity index (χ1v) is 15.3. The predicted molar refractivity (Wildman–Crippen MR) is 155 cm³/mol. The Morgan fingerprint density at radius 2 is 1.61 bits per heavy atom. The zero-order valence-corrected chi connectivity index (χ0v) is 25.0. The summed E-state index contributed by atoms with van der Waals surface area (Å²) in [7, 11) is -4.12. The SMILES string of the molecule is C[C@@]1(O)[C@H](O)[C@@H](CO[P@@]2(=O)O[C@H](c3ccccc3)C[C@H](c3ccccc3)O2)O[C@H]1n1ccc2c(N)ncnc21.O=C(O)C(F)(F)F. The van der Waals surface area contributed by atoms with Gasteiger partial charge < -0.3 is 30.4 Å². The van der Waals surface area contributed by atoms with Crippen LogP contribution in [0.4, 0.5) is 19.0 Å². The molecular weight excluding hydrogens is 636 g/mol. The lowest BCUT2D eigenvalue weighted by Gasteiger charge is -2.35. The van der Waals surface area contributed by atoms with Gasteiger partial charge in [-0.25, -0.2) is 19.3 Å². The van der Waals surface area contributed by atoms with Gasteiger partial charge in [-0.3, -0.25) is 13.6 Å². The third kappa shape index (κ3) is 7.08. The minimum atomic E-state index is -5.08. The lowest BCUT2D eigenvalue weighted by molar-refractivity contribution is -0.192. The highest BCUT2D eigenvalue weighted by Gasteiger charge is 2.54. The second-order valence-corrected chi connectivity index (χ2v) is 12.3. The van der Waals surface area contributed by atoms with Crippen molar-refractivity contribution < 1.29 is 56.2 Å². The number of nitrogens with two attached hydrogens (primary N) is 1. The van der Waals surface area contributed by atoms with Gasteiger partial charge in [0.25, 0.3) is 0 Å². The van der Waals surface area contributed by atoms with Crippen LogP contribution in [0, 0.1) is 0 Å². The standard InChI is InChI=1S/C27H29N4O7P.C2HF3O2/c1-27(33)23(32)22(36-26(27)31-13-12-19-24(28)29-16-30-25(19)31)15-35-39(34)37-20(17-8-4-2-5-9-17)14-21(38-39)18-10-6-3-7-11-18;3-2(4,5)1(6)7/h2-13,16,20-23,26,32-33H,14-15H2,1H3,(H2,28,29,30);(H,6,7)/t20-,21+,22-,23-,26-,27-,39-;/m1./s1. The van der Waals surface area contributed by atoms with Crippen molar-refractivity contribution in [3.63, 3.8) is 0 Å². The fourth-order valence-electron chi connectivity index (χ4n) is 5.13. The number of fused-ring (bicyclic) bond motifs is 1. The molecule has 2 aliphatic rings. The number of nitrogen functional groups attached to an aromatic ring is 1. The van der Waals surface area contributed by atoms with Gasteiger partial charge in [0.1, 0.15) is 35.6 Å². The van der Waals surface area contributed by atoms with Gasteiger partial charge in [0.15, 0.2) is 6.23 Å². The molecule has 4 aromatic rings. The Bertz CT molecular complexity index is 1660. The quantitative estimate of drug-likeness (QED) is 0.208. The fourth-order valence-corrected chi connectivity index (χ4v) is 6.67. The second kappa shape index (κ2) is 13.1. The zero-order chi connectivity index (χ0) is 33.3. The monoisotopic (exact) mass is 666 g/mol. The molecule has 7 atom stereocenters. The van der Waals surface area contributed by atoms with Crippen molar-refractivity contribution in [1.82, 2.24) is 14.5 Å². The van der Waals surface area contributed by atoms with Gasteiger partial charge in [-0.05, 0) is 24.1 Å². The topological polar surface area (TPSA) is 188 Å². The van der Waals surface area contributed by atoms with Gasteiger partial charge in [-0.15, -0.1) is 0 Å². The number of hydrogen-bond acceptors (Lipinski definition) is 11. The number of ether oxygens (including phenoxy) is 1. The Hall–Kier alpha value is -3.89. The molecule has 0 bridgehead atoms. The Morgan fingerprint density at radius 3 is 2.13 bits per heavy atom. The number of carbonyl (C=O) groups is 1. The number of alkyl halides is 3. The first kappa shape index (κ1) is 33.5. The van der Waals surface area contributed by atoms with Crippen LogP contribution in [0.2, 0.25) is 0 Å². The minimum Gasteiger partial charge on any atom is -0.475 e. The molecule has 0 saturated carbocycles. The number of aromatic nitrogens is 3. The van der Waals surface area contributed by atoms with Crippen LogP contribution in [0.3, 0.4) is 0 Å². The van der Waals surface area contributed by atoms with Crippen LogP contribution in [0.1, 0.15) is 42.9 Å². The molecule has 4 heterocycles. The lowest BCUT2D eigenvalue weighted by atomic mass is 9.96. The number of anilines is 1. The summed E-state index contributed by atoms with van der Waals surface area (Å²) < 4.78 is 70.8. The number of nitrogens with zero attached hydrogens (tertiary/aromatic N) is 3. The third-order valence-corrected chi connectivity index (χ3v) is 8.96. The number of benzene rings is 2. The first-order valence-electron chi connectivity index (χ1n) is 13.8. The number of carboxylic acids is 1. The van der Waals surface area contributed by atoms with Crippen LogP contribution in [0.25, 0.3) is 11.0 Å². The molecule has 6 rings (SSSR count). The molecule has 2 saturated heterocycles. The number of aliphatic carboxylic acids is 1. The van der Waals surface area contributed by atoms with Crippen molar-refractivity contribution in [3.8, 4) is 0 Å². The van der Waals surface area contributed by atoms with E-state index in [0.29, 0.717) is 17.5 Å². The normalized spacial score (nSPS) is 29.7. The predicted octanol–water partition coefficient (Wildman–Crippen LogP) is 4.70. The summed E-state index contributed by atoms with van der Waals surface area (Å²) in [5, 5.41) is 29.9. The van der Waals surface area contributed by atoms with Gasteiger partial charge in [-0.1, -0.05) is 60.7 Å². The zero-order valence-electron chi connectivity index (χ0n) is 24.1. The number of phosphoric acid groups is 1. The number of phosphoric ester groups is 1. The Kier molecular flexibility index (Phi) is 9.52. The summed E-state index contributed by atoms with van der Waals surface area (Å²) in [5.41, 5.74) is 6.32. The molecule has 13 nitrogen and oxygen atoms in total. The molecule has 0 radical (unpaired) electrons. The summed E-state index contributed by atoms with van der Waals surface area (Å²) >= 11 is 0. The molecule has 246 valence electrons. The average Bonchev–Trinajstić information content (AvgIpc) is 3.55. The van der Waals surface area contributed by atoms with Crippen molar-refractivity contribution in [2.75, 3.05) is 12.3 Å². The largest absolute Gasteiger partial charge is 0.490 e. The van der Waals surface area contributed by atoms with E-state index >= 15 is 0 Å². The third-order valence-electron chi connectivity index (χ3n) is 7.47. The van der Waals surface area contributed by atoms with E-state index in [1.807, 2.05) is 60.7 Å². The van der Waals surface area contributed by atoms with E-state index in [0.717, 1.165) is 11.1 Å². The maximum atomic E-state index is 13.8. The van der Waals surface area contributed by atoms with Gasteiger partial charge in [0.05, 0.1) is 24.2 Å². The Labute approximate surface area is 259 Å². The molecule has 0 aliphatic carbocycles. The molecule has 0 spiro atoms. The van der Waals surface area contributed by atoms with Crippen LogP contribution in [-0.2, 0) is 27.7 Å². The Morgan fingerprint density at radius 1 is 1.07 bits per heavy atom. The summed E-state index contributed by atoms with van der Waals surface area (Å²) in [6.45, 7) is 1.09. The number of halogens is 3. The van der Waals surface area contributed by atoms with Gasteiger partial charge in [-0.2, -0.15) is 13.2 Å². The van der Waals surface area contributed by atoms with E-state index in [2.05, 4.69) is 9.97 Å². The highest BCUT2D eigenvalue weighted by Crippen LogP contribution is 2.62. The van der Waals surface area contributed by atoms with E-state index < -0.39 is 56.2 Å². The van der Waals surface area contributed by atoms with Crippen LogP contribution in [0.15, 0.2) is 79.3 Å². The van der Waals surface area contributed by atoms with Crippen molar-refractivity contribution in [3.05, 3.63) is 90.4 Å². The van der Waals surface area contributed by atoms with E-state index in [4.69, 9.17) is 33.9 Å². The van der Waals surface area contributed by atoms with E-state index in [9.17, 15) is 27.9 Å². The van der Waals surface area contributed by atoms with E-state index in [1.165, 1.54) is 13.3 Å². The molecule has 5 N–H and O–H groups in total. The second-order valence-electron chi connectivity index (χ2n) is 10.7. The van der Waals surface area contributed by atoms with Crippen LogP contribution in [-0.4, -0.2) is 66.4 Å². The van der Waals surface area contributed by atoms with Gasteiger partial charge >= 0.3 is 20.0 Å². The lowest BCUT2D eigenvalue weighted by Crippen LogP contribution is -2.44. The van der Waals surface area contributed by atoms with Crippen LogP contribution in [0.5, 0.6) is 0 Å². The van der Waals surface area contributed by atoms with E-state index in [-0.39, 0.29) is 12.4 Å². The molecule has 2 aromatic carbocycles. The Balaban J connectivity index is 0.000000537. The number of hydrogen-bond donors (Lipinski definition) is 4. The van der Waals surface area contributed by atoms with Crippen molar-refractivity contribution >= 4 is 30.6 Å². The number of aliphatic hydroxyl groups is 2. The van der Waals surface area contributed by atoms with E-state index in [1.54, 1.807) is 16.8 Å².